The van der Waals surface area contributed by atoms with Crippen LogP contribution in [0.5, 0.6) is 0 Å². The maximum atomic E-state index is 13.4. The Morgan fingerprint density at radius 3 is 2.87 bits per heavy atom. The summed E-state index contributed by atoms with van der Waals surface area (Å²) in [6.45, 7) is 4.19. The van der Waals surface area contributed by atoms with Gasteiger partial charge in [-0.05, 0) is 53.7 Å². The first-order chi connectivity index (χ1) is 14.4. The Kier molecular flexibility index (Phi) is 4.32. The molecule has 1 aromatic carbocycles. The molecule has 1 atom stereocenters. The molecule has 0 saturated carbocycles. The monoisotopic (exact) mass is 421 g/mol. The Morgan fingerprint density at radius 1 is 1.33 bits per heavy atom. The van der Waals surface area contributed by atoms with E-state index in [4.69, 9.17) is 15.2 Å². The van der Waals surface area contributed by atoms with E-state index < -0.39 is 11.4 Å². The Bertz CT molecular complexity index is 1350. The third kappa shape index (κ3) is 2.95. The number of nitrogens with two attached hydrogens (primary N) is 1. The van der Waals surface area contributed by atoms with Crippen LogP contribution in [0.4, 0.5) is 5.69 Å². The van der Waals surface area contributed by atoms with Gasteiger partial charge in [-0.2, -0.15) is 0 Å². The lowest BCUT2D eigenvalue weighted by molar-refractivity contribution is -0.672. The highest BCUT2D eigenvalue weighted by atomic mass is 32.1. The molecule has 1 aliphatic rings. The van der Waals surface area contributed by atoms with E-state index in [9.17, 15) is 9.59 Å². The molecule has 3 aromatic heterocycles. The number of nitrogens with zero attached hydrogens (tertiary/aromatic N) is 2. The molecular formula is C22H21N4O3S+. The third-order valence-electron chi connectivity index (χ3n) is 5.69. The fourth-order valence-corrected chi connectivity index (χ4v) is 5.03. The highest BCUT2D eigenvalue weighted by Crippen LogP contribution is 2.36. The number of benzene rings is 1. The quantitative estimate of drug-likeness (QED) is 0.391. The van der Waals surface area contributed by atoms with Gasteiger partial charge in [-0.25, -0.2) is 9.78 Å². The van der Waals surface area contributed by atoms with Gasteiger partial charge in [-0.15, -0.1) is 11.3 Å². The molecule has 3 N–H and O–H groups in total. The van der Waals surface area contributed by atoms with Crippen LogP contribution in [0.2, 0.25) is 0 Å². The molecule has 152 valence electrons. The number of aromatic amines is 1. The number of nitrogen functional groups attached to an aromatic ring is 1. The summed E-state index contributed by atoms with van der Waals surface area (Å²) in [5.41, 5.74) is 9.85. The van der Waals surface area contributed by atoms with Crippen molar-refractivity contribution in [2.75, 3.05) is 5.73 Å². The zero-order valence-corrected chi connectivity index (χ0v) is 17.5. The Balaban J connectivity index is 1.62. The topological polar surface area (TPSA) is 106 Å². The Hall–Kier alpha value is -3.26. The molecule has 0 radical (unpaired) electrons. The van der Waals surface area contributed by atoms with Crippen LogP contribution >= 0.6 is 11.3 Å². The first-order valence-corrected chi connectivity index (χ1v) is 10.7. The molecule has 0 aliphatic heterocycles. The number of anilines is 1. The molecule has 0 bridgehead atoms. The molecule has 0 saturated heterocycles. The van der Waals surface area contributed by atoms with Crippen molar-refractivity contribution in [2.45, 2.75) is 33.1 Å². The molecule has 30 heavy (non-hydrogen) atoms. The number of thiophene rings is 1. The van der Waals surface area contributed by atoms with Crippen LogP contribution in [-0.2, 0) is 12.8 Å². The number of pyridine rings is 1. The predicted molar refractivity (Wildman–Crippen MR) is 114 cm³/mol. The van der Waals surface area contributed by atoms with Gasteiger partial charge in [-0.3, -0.25) is 9.32 Å². The molecule has 0 spiro atoms. The van der Waals surface area contributed by atoms with E-state index in [1.54, 1.807) is 0 Å². The van der Waals surface area contributed by atoms with Gasteiger partial charge in [0.25, 0.3) is 5.78 Å². The Morgan fingerprint density at radius 2 is 2.10 bits per heavy atom. The highest BCUT2D eigenvalue weighted by Gasteiger charge is 2.34. The second-order valence-corrected chi connectivity index (χ2v) is 8.97. The number of fused-ring (bicyclic) bond motifs is 2. The van der Waals surface area contributed by atoms with Crippen molar-refractivity contribution in [1.82, 2.24) is 10.3 Å². The summed E-state index contributed by atoms with van der Waals surface area (Å²) >= 11 is 1.23. The lowest BCUT2D eigenvalue weighted by Gasteiger charge is -2.20. The summed E-state index contributed by atoms with van der Waals surface area (Å²) in [6.07, 6.45) is 3.01. The maximum absolute atomic E-state index is 13.4. The van der Waals surface area contributed by atoms with Crippen molar-refractivity contribution in [3.8, 4) is 5.69 Å². The molecule has 1 unspecified atom stereocenters. The van der Waals surface area contributed by atoms with Crippen LogP contribution in [0.25, 0.3) is 15.9 Å². The van der Waals surface area contributed by atoms with Gasteiger partial charge < -0.3 is 5.73 Å². The number of hydrogen-bond donors (Lipinski definition) is 2. The van der Waals surface area contributed by atoms with Crippen LogP contribution in [0.15, 0.2) is 39.6 Å². The lowest BCUT2D eigenvalue weighted by atomic mass is 9.87. The van der Waals surface area contributed by atoms with Gasteiger partial charge in [0, 0.05) is 23.2 Å². The van der Waals surface area contributed by atoms with Gasteiger partial charge in [0.15, 0.2) is 0 Å². The van der Waals surface area contributed by atoms with Crippen molar-refractivity contribution in [1.29, 1.82) is 0 Å². The van der Waals surface area contributed by atoms with Crippen molar-refractivity contribution in [3.05, 3.63) is 68.1 Å². The van der Waals surface area contributed by atoms with Gasteiger partial charge in [-0.1, -0.05) is 24.6 Å². The van der Waals surface area contributed by atoms with E-state index in [0.29, 0.717) is 22.2 Å². The van der Waals surface area contributed by atoms with E-state index >= 15 is 0 Å². The molecule has 7 nitrogen and oxygen atoms in total. The van der Waals surface area contributed by atoms with Gasteiger partial charge in [0.05, 0.1) is 5.69 Å². The first-order valence-electron chi connectivity index (χ1n) is 9.88. The molecule has 0 amide bonds. The number of aryl methyl sites for hydroxylation is 2. The molecule has 5 rings (SSSR count). The minimum Gasteiger partial charge on any atom is -0.397 e. The number of rotatable bonds is 3. The summed E-state index contributed by atoms with van der Waals surface area (Å²) in [7, 11) is 0. The fraction of sp³-hybridized carbons (Fsp3) is 0.273. The number of ketones is 1. The summed E-state index contributed by atoms with van der Waals surface area (Å²) in [6, 6.07) is 9.46. The summed E-state index contributed by atoms with van der Waals surface area (Å²) < 4.78 is 6.29. The molecule has 3 heterocycles. The number of H-pyrrole nitrogens is 1. The molecular weight excluding hydrogens is 400 g/mol. The Labute approximate surface area is 176 Å². The van der Waals surface area contributed by atoms with Gasteiger partial charge in [0.1, 0.15) is 9.71 Å². The van der Waals surface area contributed by atoms with Crippen LogP contribution in [-0.4, -0.2) is 16.0 Å². The number of aromatic nitrogens is 3. The van der Waals surface area contributed by atoms with Crippen LogP contribution in [0.3, 0.4) is 0 Å². The van der Waals surface area contributed by atoms with Crippen LogP contribution in [0, 0.1) is 12.8 Å². The standard InChI is InChI=1S/C22H20N4O3S/c1-11-3-6-14(7-4-11)26-18(22(28)29-25-26)19(27)20-17(23)15-10-13-9-12(2)5-8-16(13)24-21(15)30-20/h3-4,6-7,10,12H,5,8-9H2,1-2H3,(H2-,23,25,27,28)/p+1. The lowest BCUT2D eigenvalue weighted by Crippen LogP contribution is -2.41. The van der Waals surface area contributed by atoms with Gasteiger partial charge >= 0.3 is 11.3 Å². The average Bonchev–Trinajstić information content (AvgIpc) is 3.27. The van der Waals surface area contributed by atoms with Crippen molar-refractivity contribution in [3.63, 3.8) is 0 Å². The third-order valence-corrected chi connectivity index (χ3v) is 6.81. The van der Waals surface area contributed by atoms with Crippen LogP contribution < -0.4 is 16.0 Å². The predicted octanol–water partition coefficient (Wildman–Crippen LogP) is 3.10. The average molecular weight is 422 g/mol. The van der Waals surface area contributed by atoms with Crippen molar-refractivity contribution < 1.29 is 14.0 Å². The van der Waals surface area contributed by atoms with E-state index in [-0.39, 0.29) is 5.69 Å². The zero-order valence-electron chi connectivity index (χ0n) is 16.7. The molecule has 8 heteroatoms. The smallest absolute Gasteiger partial charge is 0.397 e. The summed E-state index contributed by atoms with van der Waals surface area (Å²) in [5, 5.41) is 3.30. The molecule has 0 fully saturated rings. The van der Waals surface area contributed by atoms with E-state index in [2.05, 4.69) is 18.3 Å². The number of nitrogens with one attached hydrogen (secondary N) is 1. The van der Waals surface area contributed by atoms with E-state index in [0.717, 1.165) is 40.7 Å². The van der Waals surface area contributed by atoms with Crippen molar-refractivity contribution in [2.24, 2.45) is 5.92 Å². The van der Waals surface area contributed by atoms with Crippen LogP contribution in [0.1, 0.15) is 45.5 Å². The van der Waals surface area contributed by atoms with E-state index in [1.807, 2.05) is 31.2 Å². The normalized spacial score (nSPS) is 16.0. The maximum Gasteiger partial charge on any atom is 0.439 e. The minimum absolute atomic E-state index is 0.115. The number of hydrogen-bond acceptors (Lipinski definition) is 6. The second-order valence-electron chi connectivity index (χ2n) is 7.97. The number of carbonyl (C=O) groups excluding carboxylic acids is 1. The molecule has 1 aliphatic carbocycles. The SMILES string of the molecule is Cc1ccc(-[n+]2[nH]oc(=O)c2C(=O)c2sc3nc4c(cc3c2N)CC(C)CC4)cc1. The number of carbonyl (C=O) groups is 1. The summed E-state index contributed by atoms with van der Waals surface area (Å²) in [5.74, 6) is 0.132. The van der Waals surface area contributed by atoms with Crippen molar-refractivity contribution >= 4 is 33.0 Å². The summed E-state index contributed by atoms with van der Waals surface area (Å²) in [4.78, 5) is 31.5. The fourth-order valence-electron chi connectivity index (χ4n) is 3.99. The van der Waals surface area contributed by atoms with Gasteiger partial charge in [0.2, 0.25) is 5.69 Å². The molecule has 4 aromatic rings. The largest absolute Gasteiger partial charge is 0.439 e. The highest BCUT2D eigenvalue weighted by molar-refractivity contribution is 7.21. The van der Waals surface area contributed by atoms with E-state index in [1.165, 1.54) is 21.6 Å². The first kappa shape index (κ1) is 18.7. The minimum atomic E-state index is -0.737. The zero-order chi connectivity index (χ0) is 21.0. The second kappa shape index (κ2) is 6.91.